The number of allylic oxidation sites excluding steroid dienone is 1. The van der Waals surface area contributed by atoms with E-state index in [9.17, 15) is 14.7 Å². The topological polar surface area (TPSA) is 141 Å². The van der Waals surface area contributed by atoms with Crippen LogP contribution in [-0.2, 0) is 25.5 Å². The van der Waals surface area contributed by atoms with Crippen LogP contribution in [0, 0.1) is 28.6 Å². The third-order valence-corrected chi connectivity index (χ3v) is 11.3. The Labute approximate surface area is 245 Å². The molecule has 1 aromatic heterocycles. The van der Waals surface area contributed by atoms with Gasteiger partial charge in [-0.1, -0.05) is 25.5 Å². The molecular weight excluding hydrogens is 534 g/mol. The monoisotopic (exact) mass is 573 g/mol. The molecule has 10 heteroatoms. The van der Waals surface area contributed by atoms with Gasteiger partial charge in [0.2, 0.25) is 5.78 Å². The van der Waals surface area contributed by atoms with Crippen LogP contribution in [0.4, 0.5) is 5.69 Å². The Bertz CT molecular complexity index is 1550. The number of hydrogen-bond donors (Lipinski definition) is 3. The maximum Gasteiger partial charge on any atom is 0.303 e. The zero-order valence-electron chi connectivity index (χ0n) is 24.6. The second-order valence-corrected chi connectivity index (χ2v) is 13.4. The van der Waals surface area contributed by atoms with Gasteiger partial charge in [-0.05, 0) is 85.1 Å². The number of aliphatic hydroxyl groups excluding tert-OH is 1. The predicted octanol–water partition coefficient (Wildman–Crippen LogP) is 3.61. The average molecular weight is 574 g/mol. The zero-order valence-corrected chi connectivity index (χ0v) is 24.6. The number of aliphatic hydroxyl groups is 1. The molecule has 42 heavy (non-hydrogen) atoms. The number of rotatable bonds is 5. The molecule has 2 aromatic rings. The average Bonchev–Trinajstić information content (AvgIpc) is 3.58. The van der Waals surface area contributed by atoms with E-state index in [1.165, 1.54) is 12.5 Å². The Morgan fingerprint density at radius 3 is 2.88 bits per heavy atom. The number of anilines is 1. The molecule has 0 bridgehead atoms. The van der Waals surface area contributed by atoms with Crippen LogP contribution in [-0.4, -0.2) is 56.9 Å². The van der Waals surface area contributed by atoms with Crippen molar-refractivity contribution >= 4 is 29.4 Å². The van der Waals surface area contributed by atoms with Crippen molar-refractivity contribution < 1.29 is 24.2 Å². The standard InChI is InChI=1S/C32H39N5O5/c1-17-34-32(27(40)16-41-18(2)38)28(42-17)12-24-23-9-8-20-10-25-19(13-30(20,3)29(23)26(39)14-31(24,32)4)15-37(36-25)22-7-5-6-21(11-22)35-33/h5-7,10-11,15,23-24,26,28-29,35,39H,8-9,12-14,16,33H2,1-4H3/t23-,24-,26-,28+,29+,30-,31-,32+/m0/s1. The fraction of sp³-hybridized carbons (Fsp3) is 0.562. The molecule has 222 valence electrons. The lowest BCUT2D eigenvalue weighted by atomic mass is 9.45. The van der Waals surface area contributed by atoms with E-state index in [-0.39, 0.29) is 35.6 Å². The molecular formula is C32H39N5O5. The highest BCUT2D eigenvalue weighted by Crippen LogP contribution is 2.69. The normalized spacial score (nSPS) is 37.6. The van der Waals surface area contributed by atoms with Crippen molar-refractivity contribution in [3.63, 3.8) is 0 Å². The van der Waals surface area contributed by atoms with E-state index < -0.39 is 29.1 Å². The Morgan fingerprint density at radius 1 is 1.31 bits per heavy atom. The van der Waals surface area contributed by atoms with Crippen molar-refractivity contribution in [3.05, 3.63) is 47.3 Å². The summed E-state index contributed by atoms with van der Waals surface area (Å²) in [6.07, 6.45) is 7.06. The number of aliphatic imine (C=N–C) groups is 1. The van der Waals surface area contributed by atoms with Gasteiger partial charge in [0.25, 0.3) is 0 Å². The molecule has 0 saturated heterocycles. The Hall–Kier alpha value is -3.50. The van der Waals surface area contributed by atoms with E-state index >= 15 is 0 Å². The molecule has 10 nitrogen and oxygen atoms in total. The van der Waals surface area contributed by atoms with Crippen LogP contribution < -0.4 is 11.3 Å². The van der Waals surface area contributed by atoms with Crippen molar-refractivity contribution in [1.29, 1.82) is 0 Å². The molecule has 0 unspecified atom stereocenters. The van der Waals surface area contributed by atoms with Gasteiger partial charge >= 0.3 is 5.97 Å². The molecule has 7 rings (SSSR count). The molecule has 0 amide bonds. The van der Waals surface area contributed by atoms with Crippen LogP contribution in [0.3, 0.4) is 0 Å². The number of ether oxygens (including phenoxy) is 2. The van der Waals surface area contributed by atoms with E-state index in [4.69, 9.17) is 25.4 Å². The van der Waals surface area contributed by atoms with Crippen molar-refractivity contribution in [3.8, 4) is 5.69 Å². The molecule has 1 aromatic carbocycles. The molecule has 0 radical (unpaired) electrons. The minimum absolute atomic E-state index is 0.0290. The van der Waals surface area contributed by atoms with E-state index in [0.29, 0.717) is 18.7 Å². The molecule has 0 spiro atoms. The van der Waals surface area contributed by atoms with Crippen molar-refractivity contribution in [2.24, 2.45) is 39.4 Å². The molecule has 3 fully saturated rings. The largest absolute Gasteiger partial charge is 0.475 e. The number of hydrogen-bond acceptors (Lipinski definition) is 9. The first kappa shape index (κ1) is 27.3. The number of fused-ring (bicyclic) bond motifs is 8. The highest BCUT2D eigenvalue weighted by Gasteiger charge is 2.74. The van der Waals surface area contributed by atoms with E-state index in [1.807, 2.05) is 28.9 Å². The lowest BCUT2D eigenvalue weighted by Crippen LogP contribution is -2.62. The minimum atomic E-state index is -1.16. The predicted molar refractivity (Wildman–Crippen MR) is 157 cm³/mol. The third kappa shape index (κ3) is 3.63. The lowest BCUT2D eigenvalue weighted by Gasteiger charge is -2.60. The van der Waals surface area contributed by atoms with Crippen LogP contribution in [0.5, 0.6) is 0 Å². The van der Waals surface area contributed by atoms with Gasteiger partial charge in [0.15, 0.2) is 18.0 Å². The number of hydrazine groups is 1. The smallest absolute Gasteiger partial charge is 0.303 e. The maximum absolute atomic E-state index is 13.8. The van der Waals surface area contributed by atoms with Gasteiger partial charge < -0.3 is 20.0 Å². The quantitative estimate of drug-likeness (QED) is 0.280. The minimum Gasteiger partial charge on any atom is -0.475 e. The fourth-order valence-electron chi connectivity index (χ4n) is 9.69. The molecule has 5 aliphatic rings. The summed E-state index contributed by atoms with van der Waals surface area (Å²) in [6, 6.07) is 7.82. The van der Waals surface area contributed by atoms with Gasteiger partial charge in [-0.25, -0.2) is 9.67 Å². The number of nitrogens with one attached hydrogen (secondary N) is 1. The summed E-state index contributed by atoms with van der Waals surface area (Å²) in [6.45, 7) is 7.16. The zero-order chi connectivity index (χ0) is 29.6. The number of nitrogens with zero attached hydrogens (tertiary/aromatic N) is 3. The second kappa shape index (κ2) is 9.25. The van der Waals surface area contributed by atoms with Gasteiger partial charge in [-0.3, -0.25) is 15.4 Å². The number of aromatic nitrogens is 2. The summed E-state index contributed by atoms with van der Waals surface area (Å²) in [4.78, 5) is 30.3. The fourth-order valence-corrected chi connectivity index (χ4v) is 9.69. The number of Topliss-reactive ketones (excluding diaryl/α,β-unsaturated/α-hetero) is 1. The van der Waals surface area contributed by atoms with Crippen LogP contribution in [0.15, 0.2) is 41.0 Å². The first-order valence-electron chi connectivity index (χ1n) is 14.9. The molecule has 2 heterocycles. The maximum atomic E-state index is 13.8. The van der Waals surface area contributed by atoms with Gasteiger partial charge in [-0.2, -0.15) is 5.10 Å². The van der Waals surface area contributed by atoms with Crippen molar-refractivity contribution in [1.82, 2.24) is 9.78 Å². The summed E-state index contributed by atoms with van der Waals surface area (Å²) in [7, 11) is 0. The number of ketones is 1. The van der Waals surface area contributed by atoms with E-state index in [1.54, 1.807) is 6.92 Å². The molecule has 4 N–H and O–H groups in total. The summed E-state index contributed by atoms with van der Waals surface area (Å²) in [5, 5.41) is 17.0. The number of nitrogens with two attached hydrogens (primary N) is 1. The molecule has 4 aliphatic carbocycles. The first-order valence-corrected chi connectivity index (χ1v) is 14.9. The molecule has 8 atom stereocenters. The lowest BCUT2D eigenvalue weighted by molar-refractivity contribution is -0.156. The number of carbonyl (C=O) groups is 2. The summed E-state index contributed by atoms with van der Waals surface area (Å²) < 4.78 is 13.3. The number of carbonyl (C=O) groups excluding carboxylic acids is 2. The van der Waals surface area contributed by atoms with E-state index in [2.05, 4.69) is 31.5 Å². The number of nitrogen functional groups attached to an aromatic ring is 1. The van der Waals surface area contributed by atoms with Gasteiger partial charge in [0, 0.05) is 25.5 Å². The number of esters is 1. The molecule has 1 aliphatic heterocycles. The van der Waals surface area contributed by atoms with Crippen LogP contribution in [0.2, 0.25) is 0 Å². The second-order valence-electron chi connectivity index (χ2n) is 13.4. The third-order valence-electron chi connectivity index (χ3n) is 11.3. The van der Waals surface area contributed by atoms with Crippen LogP contribution in [0.25, 0.3) is 11.8 Å². The Kier molecular flexibility index (Phi) is 6.02. The molecule has 3 saturated carbocycles. The highest BCUT2D eigenvalue weighted by molar-refractivity contribution is 5.97. The summed E-state index contributed by atoms with van der Waals surface area (Å²) in [5.41, 5.74) is 5.90. The Morgan fingerprint density at radius 2 is 2.12 bits per heavy atom. The summed E-state index contributed by atoms with van der Waals surface area (Å²) in [5.74, 6) is 5.76. The van der Waals surface area contributed by atoms with Crippen molar-refractivity contribution in [2.45, 2.75) is 77.5 Å². The SMILES string of the molecule is CC(=O)OCC(=O)[C@@]12N=C(C)O[C@@H]1C[C@H]1[C@@H]3CCC4=Cc5nn(-c6cccc(NN)c6)cc5C[C@]4(C)[C@H]3[C@@H](O)C[C@@]12C. The van der Waals surface area contributed by atoms with Crippen LogP contribution >= 0.6 is 0 Å². The van der Waals surface area contributed by atoms with Gasteiger partial charge in [0.1, 0.15) is 6.10 Å². The first-order chi connectivity index (χ1) is 20.0. The Balaban J connectivity index is 1.23. The van der Waals surface area contributed by atoms with Gasteiger partial charge in [0.05, 0.1) is 23.2 Å². The van der Waals surface area contributed by atoms with Crippen LogP contribution in [0.1, 0.15) is 64.6 Å². The number of benzene rings is 1. The highest BCUT2D eigenvalue weighted by atomic mass is 16.5. The summed E-state index contributed by atoms with van der Waals surface area (Å²) >= 11 is 0. The van der Waals surface area contributed by atoms with Crippen molar-refractivity contribution in [2.75, 3.05) is 12.0 Å². The van der Waals surface area contributed by atoms with E-state index in [0.717, 1.165) is 41.9 Å². The van der Waals surface area contributed by atoms with Gasteiger partial charge in [-0.15, -0.1) is 0 Å².